The first-order valence-corrected chi connectivity index (χ1v) is 10.1. The minimum atomic E-state index is 0.764. The Labute approximate surface area is 169 Å². The minimum Gasteiger partial charge on any atom is -0.497 e. The largest absolute Gasteiger partial charge is 0.497 e. The van der Waals surface area contributed by atoms with Crippen molar-refractivity contribution in [1.29, 1.82) is 0 Å². The van der Waals surface area contributed by atoms with Crippen molar-refractivity contribution in [3.05, 3.63) is 64.3 Å². The lowest BCUT2D eigenvalue weighted by Gasteiger charge is -2.15. The zero-order chi connectivity index (χ0) is 19.8. The Balaban J connectivity index is 1.87. The monoisotopic (exact) mass is 389 g/mol. The van der Waals surface area contributed by atoms with Crippen LogP contribution in [0.3, 0.4) is 0 Å². The van der Waals surface area contributed by atoms with Gasteiger partial charge >= 0.3 is 0 Å². The molecule has 0 amide bonds. The first-order valence-electron chi connectivity index (χ1n) is 9.21. The van der Waals surface area contributed by atoms with Crippen LogP contribution in [0, 0.1) is 27.7 Å². The van der Waals surface area contributed by atoms with Gasteiger partial charge in [-0.1, -0.05) is 29.8 Å². The molecule has 0 saturated carbocycles. The number of thiophene rings is 1. The smallest absolute Gasteiger partial charge is 0.143 e. The first kappa shape index (κ1) is 18.4. The normalized spacial score (nSPS) is 11.0. The van der Waals surface area contributed by atoms with E-state index in [1.54, 1.807) is 18.4 Å². The van der Waals surface area contributed by atoms with Gasteiger partial charge in [0.05, 0.1) is 12.5 Å². The fraction of sp³-hybridized carbons (Fsp3) is 0.217. The van der Waals surface area contributed by atoms with E-state index < -0.39 is 0 Å². The Morgan fingerprint density at radius 3 is 2.25 bits per heavy atom. The fourth-order valence-corrected chi connectivity index (χ4v) is 4.61. The Bertz CT molecular complexity index is 1140. The lowest BCUT2D eigenvalue weighted by Crippen LogP contribution is -2.02. The van der Waals surface area contributed by atoms with E-state index in [-0.39, 0.29) is 0 Å². The summed E-state index contributed by atoms with van der Waals surface area (Å²) in [6, 6.07) is 12.5. The lowest BCUT2D eigenvalue weighted by molar-refractivity contribution is 0.415. The topological polar surface area (TPSA) is 47.0 Å². The Morgan fingerprint density at radius 2 is 1.61 bits per heavy atom. The molecule has 5 heteroatoms. The fourth-order valence-electron chi connectivity index (χ4n) is 3.62. The van der Waals surface area contributed by atoms with Gasteiger partial charge in [0.15, 0.2) is 0 Å². The number of ether oxygens (including phenoxy) is 1. The van der Waals surface area contributed by atoms with Gasteiger partial charge in [0.25, 0.3) is 0 Å². The molecule has 0 aliphatic rings. The molecule has 1 N–H and O–H groups in total. The van der Waals surface area contributed by atoms with Crippen molar-refractivity contribution in [3.63, 3.8) is 0 Å². The zero-order valence-electron chi connectivity index (χ0n) is 16.8. The maximum absolute atomic E-state index is 5.29. The minimum absolute atomic E-state index is 0.764. The van der Waals surface area contributed by atoms with Gasteiger partial charge in [0, 0.05) is 16.6 Å². The molecule has 2 aromatic carbocycles. The number of nitrogens with one attached hydrogen (secondary N) is 1. The number of benzene rings is 2. The molecule has 0 saturated heterocycles. The Morgan fingerprint density at radius 1 is 0.929 bits per heavy atom. The summed E-state index contributed by atoms with van der Waals surface area (Å²) in [4.78, 5) is 10.4. The molecule has 2 heterocycles. The van der Waals surface area contributed by atoms with E-state index >= 15 is 0 Å². The average molecular weight is 390 g/mol. The van der Waals surface area contributed by atoms with Crippen molar-refractivity contribution in [3.8, 4) is 16.9 Å². The lowest BCUT2D eigenvalue weighted by atomic mass is 10.0. The summed E-state index contributed by atoms with van der Waals surface area (Å²) in [6.45, 7) is 8.32. The van der Waals surface area contributed by atoms with Gasteiger partial charge in [-0.2, -0.15) is 0 Å². The van der Waals surface area contributed by atoms with Crippen molar-refractivity contribution >= 4 is 33.1 Å². The van der Waals surface area contributed by atoms with Crippen LogP contribution in [-0.2, 0) is 0 Å². The zero-order valence-corrected chi connectivity index (χ0v) is 17.6. The van der Waals surface area contributed by atoms with Gasteiger partial charge in [-0.3, -0.25) is 0 Å². The summed E-state index contributed by atoms with van der Waals surface area (Å²) >= 11 is 1.65. The molecule has 28 heavy (non-hydrogen) atoms. The third kappa shape index (κ3) is 3.34. The van der Waals surface area contributed by atoms with Crippen LogP contribution in [0.1, 0.15) is 22.5 Å². The molecule has 0 radical (unpaired) electrons. The standard InChI is InChI=1S/C23H23N3OS/c1-13-10-14(2)21(15(3)11-13)26-22-20-19(12-28-23(20)25-16(4)24-22)17-6-8-18(27-5)9-7-17/h6-12H,1-5H3,(H,24,25,26). The molecule has 0 spiro atoms. The van der Waals surface area contributed by atoms with Crippen LogP contribution < -0.4 is 10.1 Å². The second-order valence-electron chi connectivity index (χ2n) is 7.08. The van der Waals surface area contributed by atoms with Crippen molar-refractivity contribution in [2.45, 2.75) is 27.7 Å². The summed E-state index contributed by atoms with van der Waals surface area (Å²) in [6.07, 6.45) is 0. The van der Waals surface area contributed by atoms with Crippen LogP contribution in [0.4, 0.5) is 11.5 Å². The number of hydrogen-bond acceptors (Lipinski definition) is 5. The van der Waals surface area contributed by atoms with E-state index in [2.05, 4.69) is 60.7 Å². The van der Waals surface area contributed by atoms with E-state index in [0.29, 0.717) is 0 Å². The van der Waals surface area contributed by atoms with Crippen molar-refractivity contribution in [1.82, 2.24) is 9.97 Å². The number of anilines is 2. The second kappa shape index (κ2) is 7.24. The van der Waals surface area contributed by atoms with Crippen LogP contribution in [0.2, 0.25) is 0 Å². The number of aromatic nitrogens is 2. The molecule has 4 nitrogen and oxygen atoms in total. The predicted octanol–water partition coefficient (Wildman–Crippen LogP) is 6.34. The number of fused-ring (bicyclic) bond motifs is 1. The maximum Gasteiger partial charge on any atom is 0.143 e. The summed E-state index contributed by atoms with van der Waals surface area (Å²) < 4.78 is 5.29. The number of nitrogens with zero attached hydrogens (tertiary/aromatic N) is 2. The van der Waals surface area contributed by atoms with Crippen molar-refractivity contribution in [2.75, 3.05) is 12.4 Å². The molecule has 0 bridgehead atoms. The predicted molar refractivity (Wildman–Crippen MR) is 118 cm³/mol. The molecule has 4 rings (SSSR count). The highest BCUT2D eigenvalue weighted by Gasteiger charge is 2.16. The molecule has 0 atom stereocenters. The van der Waals surface area contributed by atoms with Gasteiger partial charge in [-0.25, -0.2) is 9.97 Å². The highest BCUT2D eigenvalue weighted by molar-refractivity contribution is 7.17. The summed E-state index contributed by atoms with van der Waals surface area (Å²) in [5.74, 6) is 2.46. The van der Waals surface area contributed by atoms with Crippen LogP contribution in [0.5, 0.6) is 5.75 Å². The highest BCUT2D eigenvalue weighted by atomic mass is 32.1. The first-order chi connectivity index (χ1) is 13.5. The van der Waals surface area contributed by atoms with E-state index in [1.807, 2.05) is 19.1 Å². The van der Waals surface area contributed by atoms with E-state index in [9.17, 15) is 0 Å². The van der Waals surface area contributed by atoms with E-state index in [1.165, 1.54) is 16.7 Å². The SMILES string of the molecule is COc1ccc(-c2csc3nc(C)nc(Nc4c(C)cc(C)cc4C)c23)cc1. The maximum atomic E-state index is 5.29. The molecule has 4 aromatic rings. The van der Waals surface area contributed by atoms with Crippen LogP contribution in [-0.4, -0.2) is 17.1 Å². The Hall–Kier alpha value is -2.92. The molecule has 0 aliphatic carbocycles. The number of rotatable bonds is 4. The molecule has 142 valence electrons. The van der Waals surface area contributed by atoms with Gasteiger partial charge in [0.1, 0.15) is 22.2 Å². The molecule has 2 aromatic heterocycles. The number of hydrogen-bond donors (Lipinski definition) is 1. The average Bonchev–Trinajstić information content (AvgIpc) is 3.08. The summed E-state index contributed by atoms with van der Waals surface area (Å²) in [5.41, 5.74) is 7.05. The quantitative estimate of drug-likeness (QED) is 0.442. The van der Waals surface area contributed by atoms with Crippen LogP contribution in [0.25, 0.3) is 21.3 Å². The van der Waals surface area contributed by atoms with Crippen LogP contribution in [0.15, 0.2) is 41.8 Å². The number of aryl methyl sites for hydroxylation is 4. The molecule has 0 aliphatic heterocycles. The van der Waals surface area contributed by atoms with Gasteiger partial charge in [-0.15, -0.1) is 11.3 Å². The van der Waals surface area contributed by atoms with Crippen LogP contribution >= 0.6 is 11.3 Å². The number of methoxy groups -OCH3 is 1. The summed E-state index contributed by atoms with van der Waals surface area (Å²) in [7, 11) is 1.68. The van der Waals surface area contributed by atoms with Crippen molar-refractivity contribution < 1.29 is 4.74 Å². The molecule has 0 unspecified atom stereocenters. The summed E-state index contributed by atoms with van der Waals surface area (Å²) in [5, 5.41) is 6.81. The third-order valence-corrected chi connectivity index (χ3v) is 5.74. The second-order valence-corrected chi connectivity index (χ2v) is 7.93. The van der Waals surface area contributed by atoms with Gasteiger partial charge < -0.3 is 10.1 Å². The van der Waals surface area contributed by atoms with E-state index in [0.717, 1.165) is 44.4 Å². The van der Waals surface area contributed by atoms with E-state index in [4.69, 9.17) is 9.72 Å². The third-order valence-electron chi connectivity index (χ3n) is 4.87. The van der Waals surface area contributed by atoms with Gasteiger partial charge in [-0.05, 0) is 56.5 Å². The van der Waals surface area contributed by atoms with Crippen molar-refractivity contribution in [2.24, 2.45) is 0 Å². The highest BCUT2D eigenvalue weighted by Crippen LogP contribution is 2.39. The molecular formula is C23H23N3OS. The Kier molecular flexibility index (Phi) is 4.77. The molecule has 0 fully saturated rings. The van der Waals surface area contributed by atoms with Gasteiger partial charge in [0.2, 0.25) is 0 Å². The molecular weight excluding hydrogens is 366 g/mol.